The standard InChI is InChI=1S/C16H16N2O2/c1-10-8-12(17)9-13-14(10)20-15(16(19)18(13)2)11-6-4-3-5-7-11/h3-9,15H,17H2,1-2H3. The molecule has 1 aliphatic heterocycles. The molecule has 0 spiro atoms. The Morgan fingerprint density at radius 3 is 2.60 bits per heavy atom. The van der Waals surface area contributed by atoms with Crippen LogP contribution in [0.1, 0.15) is 17.2 Å². The van der Waals surface area contributed by atoms with Crippen LogP contribution in [0.2, 0.25) is 0 Å². The normalized spacial score (nSPS) is 17.6. The maximum Gasteiger partial charge on any atom is 0.272 e. The van der Waals surface area contributed by atoms with Crippen LogP contribution in [0, 0.1) is 6.92 Å². The van der Waals surface area contributed by atoms with E-state index >= 15 is 0 Å². The Morgan fingerprint density at radius 1 is 1.20 bits per heavy atom. The quantitative estimate of drug-likeness (QED) is 0.809. The van der Waals surface area contributed by atoms with Crippen LogP contribution in [0.15, 0.2) is 42.5 Å². The van der Waals surface area contributed by atoms with Crippen molar-refractivity contribution in [2.45, 2.75) is 13.0 Å². The van der Waals surface area contributed by atoms with E-state index in [-0.39, 0.29) is 5.91 Å². The van der Waals surface area contributed by atoms with Crippen LogP contribution in [0.25, 0.3) is 0 Å². The van der Waals surface area contributed by atoms with Gasteiger partial charge in [0.05, 0.1) is 5.69 Å². The fourth-order valence-electron chi connectivity index (χ4n) is 2.49. The van der Waals surface area contributed by atoms with E-state index in [0.29, 0.717) is 5.69 Å². The van der Waals surface area contributed by atoms with Gasteiger partial charge in [0.15, 0.2) is 0 Å². The largest absolute Gasteiger partial charge is 0.473 e. The lowest BCUT2D eigenvalue weighted by molar-refractivity contribution is -0.126. The number of aryl methyl sites for hydroxylation is 1. The number of hydrogen-bond donors (Lipinski definition) is 1. The molecule has 0 radical (unpaired) electrons. The van der Waals surface area contributed by atoms with Gasteiger partial charge in [0.25, 0.3) is 5.91 Å². The molecule has 0 bridgehead atoms. The Morgan fingerprint density at radius 2 is 1.90 bits per heavy atom. The Labute approximate surface area is 117 Å². The third kappa shape index (κ3) is 1.90. The molecular weight excluding hydrogens is 252 g/mol. The zero-order valence-corrected chi connectivity index (χ0v) is 11.5. The maximum atomic E-state index is 12.5. The second-order valence-corrected chi connectivity index (χ2v) is 4.99. The molecule has 1 heterocycles. The van der Waals surface area contributed by atoms with E-state index in [2.05, 4.69) is 0 Å². The van der Waals surface area contributed by atoms with Crippen LogP contribution in [0.3, 0.4) is 0 Å². The highest BCUT2D eigenvalue weighted by atomic mass is 16.5. The fraction of sp³-hybridized carbons (Fsp3) is 0.188. The first kappa shape index (κ1) is 12.5. The number of nitrogen functional groups attached to an aromatic ring is 1. The summed E-state index contributed by atoms with van der Waals surface area (Å²) in [7, 11) is 1.75. The lowest BCUT2D eigenvalue weighted by atomic mass is 10.0. The van der Waals surface area contributed by atoms with E-state index < -0.39 is 6.10 Å². The van der Waals surface area contributed by atoms with Crippen molar-refractivity contribution in [3.63, 3.8) is 0 Å². The van der Waals surface area contributed by atoms with Gasteiger partial charge in [-0.3, -0.25) is 4.79 Å². The average molecular weight is 268 g/mol. The molecule has 4 nitrogen and oxygen atoms in total. The summed E-state index contributed by atoms with van der Waals surface area (Å²) in [6, 6.07) is 13.1. The van der Waals surface area contributed by atoms with E-state index in [0.717, 1.165) is 22.6 Å². The van der Waals surface area contributed by atoms with Gasteiger partial charge in [-0.2, -0.15) is 0 Å². The van der Waals surface area contributed by atoms with Gasteiger partial charge in [-0.25, -0.2) is 0 Å². The first-order valence-corrected chi connectivity index (χ1v) is 6.47. The van der Waals surface area contributed by atoms with Gasteiger partial charge in [0, 0.05) is 18.3 Å². The van der Waals surface area contributed by atoms with E-state index in [1.807, 2.05) is 43.3 Å². The summed E-state index contributed by atoms with van der Waals surface area (Å²) in [6.45, 7) is 1.93. The molecule has 0 aliphatic carbocycles. The molecule has 1 atom stereocenters. The number of benzene rings is 2. The molecule has 1 unspecified atom stereocenters. The predicted octanol–water partition coefficient (Wildman–Crippen LogP) is 2.67. The van der Waals surface area contributed by atoms with E-state index in [9.17, 15) is 4.79 Å². The predicted molar refractivity (Wildman–Crippen MR) is 78.8 cm³/mol. The summed E-state index contributed by atoms with van der Waals surface area (Å²) in [6.07, 6.45) is -0.601. The van der Waals surface area contributed by atoms with Gasteiger partial charge in [-0.15, -0.1) is 0 Å². The molecule has 0 aromatic heterocycles. The smallest absolute Gasteiger partial charge is 0.272 e. The van der Waals surface area contributed by atoms with Crippen molar-refractivity contribution in [3.8, 4) is 5.75 Å². The number of amides is 1. The van der Waals surface area contributed by atoms with Crippen LogP contribution < -0.4 is 15.4 Å². The van der Waals surface area contributed by atoms with Gasteiger partial charge in [-0.1, -0.05) is 30.3 Å². The van der Waals surface area contributed by atoms with Crippen LogP contribution in [-0.2, 0) is 4.79 Å². The Balaban J connectivity index is 2.09. The van der Waals surface area contributed by atoms with Gasteiger partial charge in [-0.05, 0) is 24.6 Å². The molecule has 1 aliphatic rings. The SMILES string of the molecule is Cc1cc(N)cc2c1OC(c1ccccc1)C(=O)N2C. The van der Waals surface area contributed by atoms with Gasteiger partial charge < -0.3 is 15.4 Å². The lowest BCUT2D eigenvalue weighted by Crippen LogP contribution is -2.38. The highest BCUT2D eigenvalue weighted by Crippen LogP contribution is 2.41. The maximum absolute atomic E-state index is 12.5. The summed E-state index contributed by atoms with van der Waals surface area (Å²) in [4.78, 5) is 14.1. The highest BCUT2D eigenvalue weighted by molar-refractivity contribution is 6.00. The van der Waals surface area contributed by atoms with Crippen molar-refractivity contribution in [2.24, 2.45) is 0 Å². The van der Waals surface area contributed by atoms with Crippen molar-refractivity contribution in [1.82, 2.24) is 0 Å². The van der Waals surface area contributed by atoms with Gasteiger partial charge in [0.2, 0.25) is 6.10 Å². The molecule has 0 fully saturated rings. The number of carbonyl (C=O) groups excluding carboxylic acids is 1. The van der Waals surface area contributed by atoms with Crippen LogP contribution in [0.4, 0.5) is 11.4 Å². The van der Waals surface area contributed by atoms with E-state index in [4.69, 9.17) is 10.5 Å². The molecule has 0 saturated heterocycles. The average Bonchev–Trinajstić information content (AvgIpc) is 2.44. The minimum atomic E-state index is -0.601. The number of rotatable bonds is 1. The third-order valence-electron chi connectivity index (χ3n) is 3.53. The van der Waals surface area contributed by atoms with Crippen LogP contribution in [0.5, 0.6) is 5.75 Å². The minimum Gasteiger partial charge on any atom is -0.473 e. The molecule has 1 amide bonds. The monoisotopic (exact) mass is 268 g/mol. The summed E-state index contributed by atoms with van der Waals surface area (Å²) in [5.74, 6) is 0.629. The van der Waals surface area contributed by atoms with Crippen LogP contribution >= 0.6 is 0 Å². The van der Waals surface area contributed by atoms with Gasteiger partial charge >= 0.3 is 0 Å². The molecule has 2 aromatic rings. The van der Waals surface area contributed by atoms with E-state index in [1.165, 1.54) is 0 Å². The highest BCUT2D eigenvalue weighted by Gasteiger charge is 2.34. The molecule has 20 heavy (non-hydrogen) atoms. The van der Waals surface area contributed by atoms with Crippen molar-refractivity contribution < 1.29 is 9.53 Å². The Kier molecular flexibility index (Phi) is 2.86. The number of nitrogens with two attached hydrogens (primary N) is 1. The topological polar surface area (TPSA) is 55.6 Å². The lowest BCUT2D eigenvalue weighted by Gasteiger charge is -2.33. The molecule has 0 saturated carbocycles. The summed E-state index contributed by atoms with van der Waals surface area (Å²) >= 11 is 0. The van der Waals surface area contributed by atoms with Crippen molar-refractivity contribution in [2.75, 3.05) is 17.7 Å². The number of nitrogens with zero attached hydrogens (tertiary/aromatic N) is 1. The molecule has 102 valence electrons. The zero-order valence-electron chi connectivity index (χ0n) is 11.5. The second kappa shape index (κ2) is 4.56. The molecule has 2 aromatic carbocycles. The molecule has 2 N–H and O–H groups in total. The summed E-state index contributed by atoms with van der Waals surface area (Å²) in [5.41, 5.74) is 8.98. The number of carbonyl (C=O) groups is 1. The minimum absolute atomic E-state index is 0.0892. The van der Waals surface area contributed by atoms with Gasteiger partial charge in [0.1, 0.15) is 5.75 Å². The second-order valence-electron chi connectivity index (χ2n) is 4.99. The summed E-state index contributed by atoms with van der Waals surface area (Å²) < 4.78 is 5.94. The molecular formula is C16H16N2O2. The fourth-order valence-corrected chi connectivity index (χ4v) is 2.49. The number of hydrogen-bond acceptors (Lipinski definition) is 3. The zero-order chi connectivity index (χ0) is 14.3. The molecule has 4 heteroatoms. The first-order valence-electron chi connectivity index (χ1n) is 6.47. The molecule has 3 rings (SSSR count). The Hall–Kier alpha value is -2.49. The Bertz CT molecular complexity index is 668. The number of likely N-dealkylation sites (N-methyl/N-ethyl adjacent to an activating group) is 1. The number of fused-ring (bicyclic) bond motifs is 1. The third-order valence-corrected chi connectivity index (χ3v) is 3.53. The van der Waals surface area contributed by atoms with E-state index in [1.54, 1.807) is 18.0 Å². The number of ether oxygens (including phenoxy) is 1. The number of anilines is 2. The van der Waals surface area contributed by atoms with Crippen molar-refractivity contribution >= 4 is 17.3 Å². The van der Waals surface area contributed by atoms with Crippen LogP contribution in [-0.4, -0.2) is 13.0 Å². The summed E-state index contributed by atoms with van der Waals surface area (Å²) in [5, 5.41) is 0. The van der Waals surface area contributed by atoms with Crippen molar-refractivity contribution in [1.29, 1.82) is 0 Å². The van der Waals surface area contributed by atoms with Crippen molar-refractivity contribution in [3.05, 3.63) is 53.6 Å². The first-order chi connectivity index (χ1) is 9.58.